The molecule has 0 aliphatic rings. The molecule has 2 N–H and O–H groups in total. The van der Waals surface area contributed by atoms with E-state index >= 15 is 0 Å². The normalized spacial score (nSPS) is 11.2. The summed E-state index contributed by atoms with van der Waals surface area (Å²) in [7, 11) is 3.40. The molecular formula is C15H24N2O3. The molecule has 0 spiro atoms. The average molecular weight is 280 g/mol. The van der Waals surface area contributed by atoms with Crippen LogP contribution in [0.15, 0.2) is 18.2 Å². The summed E-state index contributed by atoms with van der Waals surface area (Å²) in [5.74, 6) is 0.483. The van der Waals surface area contributed by atoms with Crippen molar-refractivity contribution < 1.29 is 14.3 Å². The predicted octanol–water partition coefficient (Wildman–Crippen LogP) is 2.16. The van der Waals surface area contributed by atoms with E-state index in [9.17, 15) is 4.79 Å². The van der Waals surface area contributed by atoms with Crippen molar-refractivity contribution >= 4 is 11.6 Å². The molecule has 0 atom stereocenters. The number of carbonyl (C=O) groups is 1. The van der Waals surface area contributed by atoms with Crippen molar-refractivity contribution in [2.75, 3.05) is 33.0 Å². The van der Waals surface area contributed by atoms with Gasteiger partial charge in [-0.2, -0.15) is 0 Å². The Hall–Kier alpha value is -1.75. The summed E-state index contributed by atoms with van der Waals surface area (Å²) in [6.45, 7) is 6.87. The molecule has 0 saturated carbocycles. The van der Waals surface area contributed by atoms with E-state index in [4.69, 9.17) is 15.2 Å². The zero-order valence-corrected chi connectivity index (χ0v) is 12.9. The van der Waals surface area contributed by atoms with E-state index in [1.54, 1.807) is 32.3 Å². The molecule has 1 amide bonds. The fourth-order valence-corrected chi connectivity index (χ4v) is 1.57. The Labute approximate surface area is 120 Å². The number of hydrogen-bond acceptors (Lipinski definition) is 4. The maximum atomic E-state index is 11.8. The minimum atomic E-state index is -0.184. The second kappa shape index (κ2) is 6.61. The van der Waals surface area contributed by atoms with Gasteiger partial charge in [-0.15, -0.1) is 0 Å². The SMILES string of the molecule is CN(C)C(=O)c1ccc(OCCOC(C)(C)C)c(N)c1. The molecule has 1 aromatic rings. The van der Waals surface area contributed by atoms with Crippen LogP contribution in [-0.4, -0.2) is 43.7 Å². The smallest absolute Gasteiger partial charge is 0.253 e. The van der Waals surface area contributed by atoms with Gasteiger partial charge in [0.05, 0.1) is 17.9 Å². The van der Waals surface area contributed by atoms with E-state index < -0.39 is 0 Å². The molecule has 0 radical (unpaired) electrons. The van der Waals surface area contributed by atoms with Crippen molar-refractivity contribution in [1.82, 2.24) is 4.90 Å². The summed E-state index contributed by atoms with van der Waals surface area (Å²) in [5.41, 5.74) is 6.71. The highest BCUT2D eigenvalue weighted by Gasteiger charge is 2.12. The van der Waals surface area contributed by atoms with Gasteiger partial charge in [-0.3, -0.25) is 4.79 Å². The van der Waals surface area contributed by atoms with Crippen LogP contribution in [0, 0.1) is 0 Å². The van der Waals surface area contributed by atoms with Crippen LogP contribution in [0.2, 0.25) is 0 Å². The summed E-state index contributed by atoms with van der Waals surface area (Å²) >= 11 is 0. The van der Waals surface area contributed by atoms with Crippen LogP contribution in [0.4, 0.5) is 5.69 Å². The third kappa shape index (κ3) is 5.09. The summed E-state index contributed by atoms with van der Waals surface area (Å²) in [6, 6.07) is 5.05. The quantitative estimate of drug-likeness (QED) is 0.663. The standard InChI is InChI=1S/C15H24N2O3/c1-15(2,3)20-9-8-19-13-7-6-11(10-12(13)16)14(18)17(4)5/h6-7,10H,8-9,16H2,1-5H3. The van der Waals surface area contributed by atoms with Gasteiger partial charge in [-0.25, -0.2) is 0 Å². The minimum absolute atomic E-state index is 0.0840. The number of carbonyl (C=O) groups excluding carboxylic acids is 1. The Bertz CT molecular complexity index is 465. The Kier molecular flexibility index (Phi) is 5.39. The Morgan fingerprint density at radius 3 is 2.40 bits per heavy atom. The van der Waals surface area contributed by atoms with Gasteiger partial charge < -0.3 is 20.1 Å². The first-order chi connectivity index (χ1) is 9.20. The third-order valence-electron chi connectivity index (χ3n) is 2.54. The van der Waals surface area contributed by atoms with Gasteiger partial charge in [0, 0.05) is 19.7 Å². The number of hydrogen-bond donors (Lipinski definition) is 1. The van der Waals surface area contributed by atoms with Crippen molar-refractivity contribution in [3.8, 4) is 5.75 Å². The van der Waals surface area contributed by atoms with Crippen molar-refractivity contribution in [1.29, 1.82) is 0 Å². The Morgan fingerprint density at radius 2 is 1.90 bits per heavy atom. The average Bonchev–Trinajstić information content (AvgIpc) is 2.33. The molecule has 0 saturated heterocycles. The molecule has 1 rings (SSSR count). The first kappa shape index (κ1) is 16.3. The molecule has 5 heteroatoms. The molecule has 0 heterocycles. The largest absolute Gasteiger partial charge is 0.489 e. The van der Waals surface area contributed by atoms with E-state index in [0.29, 0.717) is 30.2 Å². The molecule has 0 aromatic heterocycles. The van der Waals surface area contributed by atoms with Crippen LogP contribution in [-0.2, 0) is 4.74 Å². The van der Waals surface area contributed by atoms with Crippen LogP contribution in [0.1, 0.15) is 31.1 Å². The lowest BCUT2D eigenvalue weighted by Crippen LogP contribution is -2.23. The van der Waals surface area contributed by atoms with E-state index in [2.05, 4.69) is 0 Å². The van der Waals surface area contributed by atoms with Gasteiger partial charge in [0.25, 0.3) is 5.91 Å². The molecule has 0 aliphatic heterocycles. The second-order valence-corrected chi connectivity index (χ2v) is 5.76. The molecule has 0 bridgehead atoms. The van der Waals surface area contributed by atoms with Crippen LogP contribution in [0.5, 0.6) is 5.75 Å². The third-order valence-corrected chi connectivity index (χ3v) is 2.54. The number of benzene rings is 1. The maximum Gasteiger partial charge on any atom is 0.253 e. The van der Waals surface area contributed by atoms with Crippen LogP contribution < -0.4 is 10.5 Å². The molecule has 0 unspecified atom stereocenters. The summed E-state index contributed by atoms with van der Waals surface area (Å²) in [5, 5.41) is 0. The number of nitrogen functional groups attached to an aromatic ring is 1. The molecule has 20 heavy (non-hydrogen) atoms. The first-order valence-corrected chi connectivity index (χ1v) is 6.58. The number of anilines is 1. The van der Waals surface area contributed by atoms with E-state index in [-0.39, 0.29) is 11.5 Å². The van der Waals surface area contributed by atoms with Crippen LogP contribution in [0.3, 0.4) is 0 Å². The van der Waals surface area contributed by atoms with E-state index in [1.807, 2.05) is 20.8 Å². The number of nitrogens with two attached hydrogens (primary N) is 1. The lowest BCUT2D eigenvalue weighted by Gasteiger charge is -2.19. The Morgan fingerprint density at radius 1 is 1.25 bits per heavy atom. The van der Waals surface area contributed by atoms with Crippen LogP contribution in [0.25, 0.3) is 0 Å². The van der Waals surface area contributed by atoms with Gasteiger partial charge in [-0.05, 0) is 39.0 Å². The van der Waals surface area contributed by atoms with Gasteiger partial charge in [-0.1, -0.05) is 0 Å². The van der Waals surface area contributed by atoms with Gasteiger partial charge >= 0.3 is 0 Å². The lowest BCUT2D eigenvalue weighted by molar-refractivity contribution is -0.0162. The topological polar surface area (TPSA) is 64.8 Å². The molecular weight excluding hydrogens is 256 g/mol. The number of rotatable bonds is 5. The zero-order chi connectivity index (χ0) is 15.3. The first-order valence-electron chi connectivity index (χ1n) is 6.58. The lowest BCUT2D eigenvalue weighted by atomic mass is 10.1. The van der Waals surface area contributed by atoms with E-state index in [0.717, 1.165) is 0 Å². The maximum absolute atomic E-state index is 11.8. The van der Waals surface area contributed by atoms with Gasteiger partial charge in [0.1, 0.15) is 12.4 Å². The molecule has 1 aromatic carbocycles. The minimum Gasteiger partial charge on any atom is -0.489 e. The second-order valence-electron chi connectivity index (χ2n) is 5.76. The molecule has 0 fully saturated rings. The van der Waals surface area contributed by atoms with Crippen LogP contribution >= 0.6 is 0 Å². The molecule has 0 aliphatic carbocycles. The van der Waals surface area contributed by atoms with E-state index in [1.165, 1.54) is 4.90 Å². The number of amides is 1. The Balaban J connectivity index is 2.58. The monoisotopic (exact) mass is 280 g/mol. The summed E-state index contributed by atoms with van der Waals surface area (Å²) in [6.07, 6.45) is 0. The fraction of sp³-hybridized carbons (Fsp3) is 0.533. The molecule has 5 nitrogen and oxygen atoms in total. The highest BCUT2D eigenvalue weighted by molar-refractivity contribution is 5.95. The van der Waals surface area contributed by atoms with Gasteiger partial charge in [0.2, 0.25) is 0 Å². The zero-order valence-electron chi connectivity index (χ0n) is 12.9. The number of nitrogens with zero attached hydrogens (tertiary/aromatic N) is 1. The predicted molar refractivity (Wildman–Crippen MR) is 80.1 cm³/mol. The fourth-order valence-electron chi connectivity index (χ4n) is 1.57. The highest BCUT2D eigenvalue weighted by atomic mass is 16.5. The molecule has 112 valence electrons. The van der Waals surface area contributed by atoms with Crippen molar-refractivity contribution in [3.05, 3.63) is 23.8 Å². The highest BCUT2D eigenvalue weighted by Crippen LogP contribution is 2.23. The summed E-state index contributed by atoms with van der Waals surface area (Å²) < 4.78 is 11.1. The number of ether oxygens (including phenoxy) is 2. The van der Waals surface area contributed by atoms with Crippen molar-refractivity contribution in [2.24, 2.45) is 0 Å². The van der Waals surface area contributed by atoms with Crippen molar-refractivity contribution in [3.63, 3.8) is 0 Å². The summed E-state index contributed by atoms with van der Waals surface area (Å²) in [4.78, 5) is 13.3. The van der Waals surface area contributed by atoms with Crippen molar-refractivity contribution in [2.45, 2.75) is 26.4 Å². The van der Waals surface area contributed by atoms with Gasteiger partial charge in [0.15, 0.2) is 0 Å².